The van der Waals surface area contributed by atoms with Gasteiger partial charge in [0.05, 0.1) is 0 Å². The van der Waals surface area contributed by atoms with Crippen LogP contribution in [-0.4, -0.2) is 0 Å². The molecule has 0 aliphatic carbocycles. The Morgan fingerprint density at radius 1 is 0.833 bits per heavy atom. The van der Waals surface area contributed by atoms with E-state index < -0.39 is 0 Å². The second kappa shape index (κ2) is 7.94. The molecule has 0 heterocycles. The van der Waals surface area contributed by atoms with Gasteiger partial charge in [-0.25, -0.2) is 12.1 Å². The van der Waals surface area contributed by atoms with E-state index in [0.29, 0.717) is 0 Å². The van der Waals surface area contributed by atoms with Gasteiger partial charge >= 0.3 is 17.1 Å². The van der Waals surface area contributed by atoms with Crippen LogP contribution in [0.1, 0.15) is 0 Å². The Bertz CT molecular complexity index is 506. The summed E-state index contributed by atoms with van der Waals surface area (Å²) < 4.78 is 0. The smallest absolute Gasteiger partial charge is 0.214 e. The Hall–Kier alpha value is -1.27. The molecule has 0 nitrogen and oxygen atoms in total. The fourth-order valence-corrected chi connectivity index (χ4v) is 1.82. The zero-order valence-corrected chi connectivity index (χ0v) is 11.6. The van der Waals surface area contributed by atoms with Gasteiger partial charge < -0.3 is 0 Å². The van der Waals surface area contributed by atoms with Gasteiger partial charge in [0.15, 0.2) is 0 Å². The van der Waals surface area contributed by atoms with Crippen molar-refractivity contribution in [2.24, 2.45) is 0 Å². The predicted octanol–water partition coefficient (Wildman–Crippen LogP) is 5.13. The van der Waals surface area contributed by atoms with Crippen molar-refractivity contribution in [1.29, 1.82) is 0 Å². The van der Waals surface area contributed by atoms with Gasteiger partial charge in [0, 0.05) is 0 Å². The van der Waals surface area contributed by atoms with Crippen molar-refractivity contribution >= 4 is 11.6 Å². The first-order valence-corrected chi connectivity index (χ1v) is 5.89. The van der Waals surface area contributed by atoms with Crippen LogP contribution in [0.25, 0.3) is 11.1 Å². The molecule has 3 aromatic carbocycles. The van der Waals surface area contributed by atoms with Crippen LogP contribution in [0.4, 0.5) is 0 Å². The van der Waals surface area contributed by atoms with Crippen LogP contribution in [0, 0.1) is 0 Å². The number of hydrogen-bond acceptors (Lipinski definition) is 0. The quantitative estimate of drug-likeness (QED) is 0.431. The van der Waals surface area contributed by atoms with Crippen LogP contribution in [-0.2, 0) is 17.1 Å². The molecular formula is C16H13ClFe. The molecule has 0 saturated carbocycles. The van der Waals surface area contributed by atoms with Crippen molar-refractivity contribution in [1.82, 2.24) is 0 Å². The Morgan fingerprint density at radius 3 is 1.94 bits per heavy atom. The van der Waals surface area contributed by atoms with E-state index in [1.807, 2.05) is 66.7 Å². The van der Waals surface area contributed by atoms with E-state index in [2.05, 4.69) is 12.1 Å². The number of hydrogen-bond donors (Lipinski definition) is 0. The molecule has 0 aromatic heterocycles. The van der Waals surface area contributed by atoms with E-state index >= 15 is 0 Å². The summed E-state index contributed by atoms with van der Waals surface area (Å²) in [6.07, 6.45) is 0. The van der Waals surface area contributed by atoms with Gasteiger partial charge in [-0.15, -0.1) is 23.2 Å². The second-order valence-corrected chi connectivity index (χ2v) is 4.02. The van der Waals surface area contributed by atoms with Crippen molar-refractivity contribution in [3.63, 3.8) is 0 Å². The molecule has 0 atom stereocenters. The van der Waals surface area contributed by atoms with Crippen molar-refractivity contribution in [3.05, 3.63) is 83.9 Å². The fourth-order valence-electron chi connectivity index (χ4n) is 1.57. The van der Waals surface area contributed by atoms with E-state index in [4.69, 9.17) is 11.6 Å². The van der Waals surface area contributed by atoms with E-state index in [9.17, 15) is 0 Å². The predicted molar refractivity (Wildman–Crippen MR) is 74.5 cm³/mol. The van der Waals surface area contributed by atoms with Crippen LogP contribution in [0.5, 0.6) is 0 Å². The van der Waals surface area contributed by atoms with Gasteiger partial charge in [0.2, 0.25) is 0 Å². The first-order valence-electron chi connectivity index (χ1n) is 5.51. The zero-order valence-electron chi connectivity index (χ0n) is 9.74. The molecule has 0 saturated heterocycles. The number of halogens is 1. The van der Waals surface area contributed by atoms with E-state index in [0.717, 1.165) is 10.6 Å². The van der Waals surface area contributed by atoms with E-state index in [-0.39, 0.29) is 17.1 Å². The third-order valence-corrected chi connectivity index (χ3v) is 2.73. The molecule has 0 aliphatic rings. The van der Waals surface area contributed by atoms with Crippen LogP contribution < -0.4 is 0 Å². The molecule has 0 bridgehead atoms. The number of rotatable bonds is 1. The molecule has 0 aliphatic heterocycles. The summed E-state index contributed by atoms with van der Waals surface area (Å²) in [4.78, 5) is 0. The zero-order chi connectivity index (χ0) is 11.9. The first-order chi connectivity index (χ1) is 8.38. The molecule has 0 radical (unpaired) electrons. The van der Waals surface area contributed by atoms with Crippen LogP contribution in [0.3, 0.4) is 0 Å². The Balaban J connectivity index is 0.000000230. The minimum absolute atomic E-state index is 0. The fraction of sp³-hybridized carbons (Fsp3) is 0. The average Bonchev–Trinajstić information content (AvgIpc) is 3.03. The maximum absolute atomic E-state index is 5.97. The van der Waals surface area contributed by atoms with Gasteiger partial charge in [-0.1, -0.05) is 35.9 Å². The Labute approximate surface area is 123 Å². The molecule has 0 fully saturated rings. The molecule has 3 rings (SSSR count). The van der Waals surface area contributed by atoms with E-state index in [1.54, 1.807) is 0 Å². The summed E-state index contributed by atoms with van der Waals surface area (Å²) >= 11 is 5.97. The molecule has 3 aromatic rings. The Kier molecular flexibility index (Phi) is 6.53. The molecule has 0 N–H and O–H groups in total. The maximum atomic E-state index is 5.97. The van der Waals surface area contributed by atoms with Crippen molar-refractivity contribution in [2.75, 3.05) is 0 Å². The summed E-state index contributed by atoms with van der Waals surface area (Å²) in [6, 6.07) is 26.0. The third-order valence-electron chi connectivity index (χ3n) is 2.40. The minimum atomic E-state index is 0. The standard InChI is InChI=1S/C11H8Cl.C5H5.Fe/c12-11-8-4-7-10(11)9-5-2-1-3-6-9;1-2-4-5-3-1;/h1-8H;1-5H;/q2*-1;+2. The van der Waals surface area contributed by atoms with Crippen LogP contribution in [0.15, 0.2) is 78.9 Å². The van der Waals surface area contributed by atoms with Gasteiger partial charge in [0.1, 0.15) is 0 Å². The average molecular weight is 297 g/mol. The molecule has 92 valence electrons. The first kappa shape index (κ1) is 14.8. The monoisotopic (exact) mass is 296 g/mol. The molecule has 2 heteroatoms. The summed E-state index contributed by atoms with van der Waals surface area (Å²) in [5.74, 6) is 0. The summed E-state index contributed by atoms with van der Waals surface area (Å²) in [7, 11) is 0. The van der Waals surface area contributed by atoms with Gasteiger partial charge in [-0.3, -0.25) is 0 Å². The second-order valence-electron chi connectivity index (χ2n) is 3.62. The maximum Gasteiger partial charge on any atom is 2.00 e. The van der Waals surface area contributed by atoms with Gasteiger partial charge in [-0.05, 0) is 5.02 Å². The molecule has 0 amide bonds. The molecule has 18 heavy (non-hydrogen) atoms. The van der Waals surface area contributed by atoms with Crippen LogP contribution >= 0.6 is 11.6 Å². The van der Waals surface area contributed by atoms with Gasteiger partial charge in [-0.2, -0.15) is 30.3 Å². The Morgan fingerprint density at radius 2 is 1.50 bits per heavy atom. The molecule has 0 unspecified atom stereocenters. The minimum Gasteiger partial charge on any atom is -0.214 e. The van der Waals surface area contributed by atoms with E-state index in [1.165, 1.54) is 5.56 Å². The third kappa shape index (κ3) is 4.19. The molecular weight excluding hydrogens is 283 g/mol. The van der Waals surface area contributed by atoms with Crippen molar-refractivity contribution in [2.45, 2.75) is 0 Å². The van der Waals surface area contributed by atoms with Crippen LogP contribution in [0.2, 0.25) is 5.02 Å². The summed E-state index contributed by atoms with van der Waals surface area (Å²) in [5, 5.41) is 0.821. The topological polar surface area (TPSA) is 0 Å². The van der Waals surface area contributed by atoms with Crippen molar-refractivity contribution < 1.29 is 17.1 Å². The number of benzene rings is 1. The summed E-state index contributed by atoms with van der Waals surface area (Å²) in [5.41, 5.74) is 2.28. The van der Waals surface area contributed by atoms with Crippen molar-refractivity contribution in [3.8, 4) is 11.1 Å². The van der Waals surface area contributed by atoms with Gasteiger partial charge in [0.25, 0.3) is 0 Å². The summed E-state index contributed by atoms with van der Waals surface area (Å²) in [6.45, 7) is 0. The molecule has 0 spiro atoms. The SMILES string of the molecule is Cl[c-]1cccc1-c1ccccc1.[Fe+2].c1cc[cH-]c1. The normalized spacial score (nSPS) is 8.94. The largest absolute Gasteiger partial charge is 2.00 e.